The zero-order valence-electron chi connectivity index (χ0n) is 20.7. The molecule has 0 bridgehead atoms. The number of ether oxygens (including phenoxy) is 2. The quantitative estimate of drug-likeness (QED) is 0.173. The van der Waals surface area contributed by atoms with Crippen molar-refractivity contribution in [3.63, 3.8) is 0 Å². The van der Waals surface area contributed by atoms with E-state index in [0.29, 0.717) is 24.6 Å². The van der Waals surface area contributed by atoms with Crippen LogP contribution in [0.15, 0.2) is 107 Å². The summed E-state index contributed by atoms with van der Waals surface area (Å²) in [5, 5.41) is 0. The first-order chi connectivity index (χ1) is 18.0. The van der Waals surface area contributed by atoms with Crippen LogP contribution in [0.4, 0.5) is 0 Å². The van der Waals surface area contributed by atoms with Crippen LogP contribution >= 0.6 is 0 Å². The Morgan fingerprint density at radius 1 is 0.541 bits per heavy atom. The van der Waals surface area contributed by atoms with Crippen molar-refractivity contribution in [2.24, 2.45) is 9.98 Å². The van der Waals surface area contributed by atoms with Crippen molar-refractivity contribution in [3.05, 3.63) is 119 Å². The highest BCUT2D eigenvalue weighted by molar-refractivity contribution is 5.44. The van der Waals surface area contributed by atoms with Crippen molar-refractivity contribution in [3.8, 4) is 23.0 Å². The molecule has 0 radical (unpaired) electrons. The molecule has 0 fully saturated rings. The lowest BCUT2D eigenvalue weighted by molar-refractivity contribution is 0.481. The molecule has 0 spiro atoms. The summed E-state index contributed by atoms with van der Waals surface area (Å²) in [5.74, 6) is 2.91. The van der Waals surface area contributed by atoms with E-state index in [1.54, 1.807) is 12.2 Å². The van der Waals surface area contributed by atoms with Gasteiger partial charge in [0, 0.05) is 5.41 Å². The van der Waals surface area contributed by atoms with Crippen molar-refractivity contribution >= 4 is 12.2 Å². The molecule has 6 nitrogen and oxygen atoms in total. The standard InChI is InChI=1S/C31H26N2O4/c1-31(2,25-7-15-29(16-8-25)36-27-11-3-23(4-12-27)19-32-21-34)26-9-17-30(18-10-26)37-28-13-5-24(6-14-28)20-33-22-35/h3-18H,19-20H2,1-2H3. The van der Waals surface area contributed by atoms with Gasteiger partial charge < -0.3 is 9.47 Å². The van der Waals surface area contributed by atoms with Gasteiger partial charge >= 0.3 is 0 Å². The summed E-state index contributed by atoms with van der Waals surface area (Å²) in [5.41, 5.74) is 3.93. The van der Waals surface area contributed by atoms with E-state index < -0.39 is 0 Å². The Kier molecular flexibility index (Phi) is 8.07. The van der Waals surface area contributed by atoms with Gasteiger partial charge in [-0.05, 0) is 70.8 Å². The molecule has 4 aromatic carbocycles. The maximum atomic E-state index is 10.3. The summed E-state index contributed by atoms with van der Waals surface area (Å²) in [6, 6.07) is 31.1. The van der Waals surface area contributed by atoms with Gasteiger partial charge in [0.05, 0.1) is 13.1 Å². The lowest BCUT2D eigenvalue weighted by Crippen LogP contribution is -2.18. The summed E-state index contributed by atoms with van der Waals surface area (Å²) in [7, 11) is 0. The van der Waals surface area contributed by atoms with Gasteiger partial charge in [0.15, 0.2) is 0 Å². The van der Waals surface area contributed by atoms with Crippen LogP contribution < -0.4 is 9.47 Å². The zero-order valence-corrected chi connectivity index (χ0v) is 20.7. The summed E-state index contributed by atoms with van der Waals surface area (Å²) < 4.78 is 11.9. The lowest BCUT2D eigenvalue weighted by Gasteiger charge is -2.26. The Morgan fingerprint density at radius 2 is 0.838 bits per heavy atom. The molecule has 0 aliphatic carbocycles. The van der Waals surface area contributed by atoms with Gasteiger partial charge in [0.25, 0.3) is 0 Å². The Hall–Kier alpha value is -4.76. The van der Waals surface area contributed by atoms with Crippen molar-refractivity contribution in [1.29, 1.82) is 0 Å². The van der Waals surface area contributed by atoms with Crippen molar-refractivity contribution in [2.75, 3.05) is 0 Å². The molecule has 0 heterocycles. The van der Waals surface area contributed by atoms with E-state index >= 15 is 0 Å². The van der Waals surface area contributed by atoms with Gasteiger partial charge in [-0.3, -0.25) is 0 Å². The third kappa shape index (κ3) is 6.68. The van der Waals surface area contributed by atoms with Crippen molar-refractivity contribution in [2.45, 2.75) is 32.4 Å². The van der Waals surface area contributed by atoms with Gasteiger partial charge in [-0.25, -0.2) is 19.6 Å². The number of aliphatic imine (C=N–C) groups is 2. The monoisotopic (exact) mass is 490 g/mol. The fourth-order valence-corrected chi connectivity index (χ4v) is 3.89. The maximum Gasteiger partial charge on any atom is 0.235 e. The molecule has 0 N–H and O–H groups in total. The Balaban J connectivity index is 1.39. The van der Waals surface area contributed by atoms with Crippen molar-refractivity contribution < 1.29 is 19.1 Å². The average Bonchev–Trinajstić information content (AvgIpc) is 2.93. The predicted octanol–water partition coefficient (Wildman–Crippen LogP) is 7.27. The molecule has 0 atom stereocenters. The third-order valence-corrected chi connectivity index (χ3v) is 6.12. The summed E-state index contributed by atoms with van der Waals surface area (Å²) in [4.78, 5) is 27.7. The Morgan fingerprint density at radius 3 is 1.14 bits per heavy atom. The molecule has 0 unspecified atom stereocenters. The van der Waals surface area contributed by atoms with Gasteiger partial charge in [-0.1, -0.05) is 62.4 Å². The molecule has 0 aliphatic heterocycles. The molecule has 0 saturated heterocycles. The predicted molar refractivity (Wildman–Crippen MR) is 142 cm³/mol. The van der Waals surface area contributed by atoms with E-state index in [1.807, 2.05) is 72.8 Å². The number of carbonyl (C=O) groups excluding carboxylic acids is 2. The smallest absolute Gasteiger partial charge is 0.235 e. The topological polar surface area (TPSA) is 77.3 Å². The molecular formula is C31H26N2O4. The molecule has 0 aliphatic rings. The van der Waals surface area contributed by atoms with Gasteiger partial charge in [-0.15, -0.1) is 0 Å². The van der Waals surface area contributed by atoms with Gasteiger partial charge in [0.1, 0.15) is 23.0 Å². The highest BCUT2D eigenvalue weighted by atomic mass is 16.5. The zero-order chi connectivity index (χ0) is 26.1. The minimum atomic E-state index is -0.224. The number of benzene rings is 4. The molecular weight excluding hydrogens is 464 g/mol. The van der Waals surface area contributed by atoms with E-state index in [9.17, 15) is 9.59 Å². The third-order valence-electron chi connectivity index (χ3n) is 6.12. The van der Waals surface area contributed by atoms with Crippen LogP contribution in [0.2, 0.25) is 0 Å². The SMILES string of the molecule is CC(C)(c1ccc(Oc2ccc(CN=C=O)cc2)cc1)c1ccc(Oc2ccc(CN=C=O)cc2)cc1. The fraction of sp³-hybridized carbons (Fsp3) is 0.161. The molecule has 37 heavy (non-hydrogen) atoms. The number of nitrogens with zero attached hydrogens (tertiary/aromatic N) is 2. The second-order valence-electron chi connectivity index (χ2n) is 8.98. The summed E-state index contributed by atoms with van der Waals surface area (Å²) >= 11 is 0. The van der Waals surface area contributed by atoms with E-state index in [4.69, 9.17) is 9.47 Å². The van der Waals surface area contributed by atoms with Crippen LogP contribution in [-0.2, 0) is 28.1 Å². The lowest BCUT2D eigenvalue weighted by atomic mass is 9.78. The van der Waals surface area contributed by atoms with E-state index in [1.165, 1.54) is 0 Å². The molecule has 0 saturated carbocycles. The van der Waals surface area contributed by atoms with Gasteiger partial charge in [0.2, 0.25) is 12.2 Å². The van der Waals surface area contributed by atoms with Crippen LogP contribution in [0.25, 0.3) is 0 Å². The molecule has 6 heteroatoms. The number of hydrogen-bond acceptors (Lipinski definition) is 6. The van der Waals surface area contributed by atoms with E-state index in [0.717, 1.165) is 33.8 Å². The maximum absolute atomic E-state index is 10.3. The molecule has 184 valence electrons. The Labute approximate surface area is 215 Å². The van der Waals surface area contributed by atoms with Crippen LogP contribution in [0.1, 0.15) is 36.1 Å². The molecule has 0 aromatic heterocycles. The number of hydrogen-bond donors (Lipinski definition) is 0. The first kappa shape index (κ1) is 25.3. The second-order valence-corrected chi connectivity index (χ2v) is 8.98. The second kappa shape index (κ2) is 11.8. The summed E-state index contributed by atoms with van der Waals surface area (Å²) in [6.45, 7) is 4.99. The normalized spacial score (nSPS) is 10.6. The average molecular weight is 491 g/mol. The molecule has 0 amide bonds. The van der Waals surface area contributed by atoms with Gasteiger partial charge in [-0.2, -0.15) is 0 Å². The highest BCUT2D eigenvalue weighted by Gasteiger charge is 2.23. The Bertz CT molecular complexity index is 1300. The summed E-state index contributed by atoms with van der Waals surface area (Å²) in [6.07, 6.45) is 3.09. The number of rotatable bonds is 10. The molecule has 4 rings (SSSR count). The van der Waals surface area contributed by atoms with E-state index in [2.05, 4.69) is 48.1 Å². The van der Waals surface area contributed by atoms with Crippen LogP contribution in [-0.4, -0.2) is 12.2 Å². The number of isocyanates is 2. The molecule has 4 aromatic rings. The minimum absolute atomic E-state index is 0.224. The minimum Gasteiger partial charge on any atom is -0.457 e. The van der Waals surface area contributed by atoms with Crippen LogP contribution in [0, 0.1) is 0 Å². The van der Waals surface area contributed by atoms with Crippen LogP contribution in [0.3, 0.4) is 0 Å². The first-order valence-electron chi connectivity index (χ1n) is 11.8. The fourth-order valence-electron chi connectivity index (χ4n) is 3.89. The van der Waals surface area contributed by atoms with Crippen LogP contribution in [0.5, 0.6) is 23.0 Å². The largest absolute Gasteiger partial charge is 0.457 e. The highest BCUT2D eigenvalue weighted by Crippen LogP contribution is 2.34. The first-order valence-corrected chi connectivity index (χ1v) is 11.8. The van der Waals surface area contributed by atoms with Crippen molar-refractivity contribution in [1.82, 2.24) is 0 Å². The van der Waals surface area contributed by atoms with E-state index in [-0.39, 0.29) is 5.41 Å².